The molecule has 0 heterocycles. The molecule has 0 saturated heterocycles. The Morgan fingerprint density at radius 3 is 2.24 bits per heavy atom. The lowest BCUT2D eigenvalue weighted by molar-refractivity contribution is 0.435. The van der Waals surface area contributed by atoms with Crippen molar-refractivity contribution in [3.05, 3.63) is 65.0 Å². The third-order valence-electron chi connectivity index (χ3n) is 3.19. The summed E-state index contributed by atoms with van der Waals surface area (Å²) >= 11 is 1.70. The van der Waals surface area contributed by atoms with Crippen molar-refractivity contribution in [1.29, 1.82) is 0 Å². The molecule has 5 heteroatoms. The number of hydrogen-bond donors (Lipinski definition) is 1. The van der Waals surface area contributed by atoms with Gasteiger partial charge in [0.2, 0.25) is 0 Å². The van der Waals surface area contributed by atoms with Crippen LogP contribution in [0.2, 0.25) is 0 Å². The molecule has 0 aromatic heterocycles. The fraction of sp³-hybridized carbons (Fsp3) is 0.250. The summed E-state index contributed by atoms with van der Waals surface area (Å²) in [6.07, 6.45) is 0. The first kappa shape index (κ1) is 15.9. The van der Waals surface area contributed by atoms with E-state index < -0.39 is 23.5 Å². The van der Waals surface area contributed by atoms with Crippen molar-refractivity contribution >= 4 is 11.8 Å². The Kier molecular flexibility index (Phi) is 5.31. The molecule has 2 rings (SSSR count). The molecule has 0 saturated carbocycles. The maximum atomic E-state index is 13.9. The molecule has 1 nitrogen and oxygen atoms in total. The van der Waals surface area contributed by atoms with Crippen LogP contribution in [-0.2, 0) is 0 Å². The van der Waals surface area contributed by atoms with E-state index in [2.05, 4.69) is 12.2 Å². The van der Waals surface area contributed by atoms with Crippen LogP contribution < -0.4 is 5.32 Å². The molecule has 21 heavy (non-hydrogen) atoms. The molecule has 1 N–H and O–H groups in total. The predicted octanol–water partition coefficient (Wildman–Crippen LogP) is 4.52. The third-order valence-corrected chi connectivity index (χ3v) is 4.08. The Balaban J connectivity index is 2.37. The Hall–Kier alpha value is -1.46. The minimum absolute atomic E-state index is 0.0901. The quantitative estimate of drug-likeness (QED) is 0.643. The molecule has 1 unspecified atom stereocenters. The minimum Gasteiger partial charge on any atom is -0.309 e. The van der Waals surface area contributed by atoms with Crippen LogP contribution in [0.4, 0.5) is 13.2 Å². The van der Waals surface area contributed by atoms with Crippen molar-refractivity contribution in [1.82, 2.24) is 5.32 Å². The van der Waals surface area contributed by atoms with Crippen LogP contribution in [0, 0.1) is 17.5 Å². The van der Waals surface area contributed by atoms with Crippen LogP contribution in [0.5, 0.6) is 0 Å². The summed E-state index contributed by atoms with van der Waals surface area (Å²) in [6, 6.07) is 9.28. The van der Waals surface area contributed by atoms with Gasteiger partial charge in [0.05, 0.1) is 6.04 Å². The molecule has 0 aliphatic carbocycles. The van der Waals surface area contributed by atoms with Crippen LogP contribution in [-0.4, -0.2) is 12.8 Å². The van der Waals surface area contributed by atoms with Crippen LogP contribution >= 0.6 is 11.8 Å². The largest absolute Gasteiger partial charge is 0.309 e. The standard InChI is InChI=1S/C16H16F3NS/c1-3-21-11-6-4-10(5-7-11)16(20-2)12-8-9-13(17)15(19)14(12)18/h4-9,16,20H,3H2,1-2H3. The Morgan fingerprint density at radius 1 is 1.00 bits per heavy atom. The average Bonchev–Trinajstić information content (AvgIpc) is 2.50. The van der Waals surface area contributed by atoms with Gasteiger partial charge in [0.25, 0.3) is 0 Å². The zero-order valence-electron chi connectivity index (χ0n) is 11.8. The van der Waals surface area contributed by atoms with Gasteiger partial charge in [-0.3, -0.25) is 0 Å². The SMILES string of the molecule is CCSc1ccc(C(NC)c2ccc(F)c(F)c2F)cc1. The fourth-order valence-corrected chi connectivity index (χ4v) is 2.85. The first-order valence-corrected chi connectivity index (χ1v) is 7.60. The summed E-state index contributed by atoms with van der Waals surface area (Å²) in [5, 5.41) is 2.94. The highest BCUT2D eigenvalue weighted by atomic mass is 32.2. The Labute approximate surface area is 126 Å². The number of rotatable bonds is 5. The number of nitrogens with one attached hydrogen (secondary N) is 1. The topological polar surface area (TPSA) is 12.0 Å². The molecule has 0 spiro atoms. The lowest BCUT2D eigenvalue weighted by atomic mass is 9.98. The number of halogens is 3. The van der Waals surface area contributed by atoms with Crippen LogP contribution in [0.1, 0.15) is 24.1 Å². The number of thioether (sulfide) groups is 1. The van der Waals surface area contributed by atoms with Gasteiger partial charge in [-0.2, -0.15) is 0 Å². The minimum atomic E-state index is -1.44. The maximum absolute atomic E-state index is 13.9. The second kappa shape index (κ2) is 7.00. The van der Waals surface area contributed by atoms with Gasteiger partial charge in [0.1, 0.15) is 0 Å². The normalized spacial score (nSPS) is 12.4. The molecule has 2 aromatic rings. The summed E-state index contributed by atoms with van der Waals surface area (Å²) in [5.41, 5.74) is 0.884. The van der Waals surface area contributed by atoms with E-state index in [4.69, 9.17) is 0 Å². The maximum Gasteiger partial charge on any atom is 0.194 e. The van der Waals surface area contributed by atoms with Gasteiger partial charge >= 0.3 is 0 Å². The van der Waals surface area contributed by atoms with Crippen LogP contribution in [0.25, 0.3) is 0 Å². The molecular weight excluding hydrogens is 295 g/mol. The lowest BCUT2D eigenvalue weighted by Crippen LogP contribution is -2.19. The highest BCUT2D eigenvalue weighted by Crippen LogP contribution is 2.28. The van der Waals surface area contributed by atoms with Gasteiger partial charge in [0, 0.05) is 10.5 Å². The number of hydrogen-bond acceptors (Lipinski definition) is 2. The average molecular weight is 311 g/mol. The lowest BCUT2D eigenvalue weighted by Gasteiger charge is -2.18. The zero-order valence-corrected chi connectivity index (χ0v) is 12.6. The van der Waals surface area contributed by atoms with Gasteiger partial charge in [-0.25, -0.2) is 13.2 Å². The fourth-order valence-electron chi connectivity index (χ4n) is 2.19. The monoisotopic (exact) mass is 311 g/mol. The summed E-state index contributed by atoms with van der Waals surface area (Å²) < 4.78 is 40.3. The predicted molar refractivity (Wildman–Crippen MR) is 80.1 cm³/mol. The molecule has 0 amide bonds. The van der Waals surface area contributed by atoms with Crippen molar-refractivity contribution in [3.63, 3.8) is 0 Å². The van der Waals surface area contributed by atoms with Crippen LogP contribution in [0.15, 0.2) is 41.3 Å². The van der Waals surface area contributed by atoms with E-state index >= 15 is 0 Å². The van der Waals surface area contributed by atoms with E-state index in [1.54, 1.807) is 18.8 Å². The number of benzene rings is 2. The summed E-state index contributed by atoms with van der Waals surface area (Å²) in [5.74, 6) is -2.81. The summed E-state index contributed by atoms with van der Waals surface area (Å²) in [7, 11) is 1.65. The third kappa shape index (κ3) is 3.41. The molecule has 0 aliphatic rings. The van der Waals surface area contributed by atoms with Gasteiger partial charge in [0.15, 0.2) is 17.5 Å². The first-order chi connectivity index (χ1) is 10.1. The molecule has 0 aliphatic heterocycles. The van der Waals surface area contributed by atoms with E-state index in [0.717, 1.165) is 22.3 Å². The second-order valence-electron chi connectivity index (χ2n) is 4.49. The van der Waals surface area contributed by atoms with E-state index in [9.17, 15) is 13.2 Å². The highest BCUT2D eigenvalue weighted by Gasteiger charge is 2.21. The Bertz CT molecular complexity index is 614. The van der Waals surface area contributed by atoms with Crippen molar-refractivity contribution in [3.8, 4) is 0 Å². The zero-order chi connectivity index (χ0) is 15.4. The first-order valence-electron chi connectivity index (χ1n) is 6.61. The molecule has 0 bridgehead atoms. The van der Waals surface area contributed by atoms with Gasteiger partial charge in [-0.1, -0.05) is 25.1 Å². The second-order valence-corrected chi connectivity index (χ2v) is 5.83. The van der Waals surface area contributed by atoms with E-state index in [-0.39, 0.29) is 5.56 Å². The van der Waals surface area contributed by atoms with Crippen molar-refractivity contribution < 1.29 is 13.2 Å². The van der Waals surface area contributed by atoms with Crippen LogP contribution in [0.3, 0.4) is 0 Å². The smallest absolute Gasteiger partial charge is 0.194 e. The van der Waals surface area contributed by atoms with Gasteiger partial charge < -0.3 is 5.32 Å². The summed E-state index contributed by atoms with van der Waals surface area (Å²) in [6.45, 7) is 2.06. The summed E-state index contributed by atoms with van der Waals surface area (Å²) in [4.78, 5) is 1.11. The molecular formula is C16H16F3NS. The van der Waals surface area contributed by atoms with E-state index in [1.165, 1.54) is 6.07 Å². The molecule has 0 fully saturated rings. The highest BCUT2D eigenvalue weighted by molar-refractivity contribution is 7.99. The molecule has 2 aromatic carbocycles. The van der Waals surface area contributed by atoms with E-state index in [1.807, 2.05) is 24.3 Å². The Morgan fingerprint density at radius 2 is 1.67 bits per heavy atom. The molecule has 112 valence electrons. The van der Waals surface area contributed by atoms with Gasteiger partial charge in [-0.15, -0.1) is 11.8 Å². The van der Waals surface area contributed by atoms with Gasteiger partial charge in [-0.05, 0) is 36.6 Å². The van der Waals surface area contributed by atoms with E-state index in [0.29, 0.717) is 0 Å². The molecule has 0 radical (unpaired) electrons. The van der Waals surface area contributed by atoms with Crippen molar-refractivity contribution in [2.75, 3.05) is 12.8 Å². The van der Waals surface area contributed by atoms with Crippen molar-refractivity contribution in [2.45, 2.75) is 17.9 Å². The van der Waals surface area contributed by atoms with Crippen molar-refractivity contribution in [2.24, 2.45) is 0 Å². The molecule has 1 atom stereocenters.